The average molecular weight is 431 g/mol. The number of nitro groups is 3. The van der Waals surface area contributed by atoms with E-state index in [0.717, 1.165) is 3.57 Å². The molecule has 1 aromatic heterocycles. The molecule has 1 aromatic carbocycles. The minimum atomic E-state index is -0.938. The van der Waals surface area contributed by atoms with Crippen LogP contribution in [0.1, 0.15) is 0 Å². The van der Waals surface area contributed by atoms with Gasteiger partial charge in [-0.2, -0.15) is 0 Å². The molecule has 11 nitrogen and oxygen atoms in total. The molecule has 1 N–H and O–H groups in total. The van der Waals surface area contributed by atoms with Crippen LogP contribution < -0.4 is 5.32 Å². The van der Waals surface area contributed by atoms with Crippen LogP contribution in [0.2, 0.25) is 0 Å². The van der Waals surface area contributed by atoms with Gasteiger partial charge in [-0.1, -0.05) is 0 Å². The molecule has 0 amide bonds. The van der Waals surface area contributed by atoms with Gasteiger partial charge in [0.25, 0.3) is 5.69 Å². The molecule has 0 aliphatic rings. The van der Waals surface area contributed by atoms with Crippen LogP contribution in [0.25, 0.3) is 0 Å². The first-order valence-corrected chi connectivity index (χ1v) is 6.87. The molecule has 2 aromatic rings. The number of non-ortho nitro benzene ring substituents is 1. The summed E-state index contributed by atoms with van der Waals surface area (Å²) in [6.07, 6.45) is 1.45. The van der Waals surface area contributed by atoms with Crippen molar-refractivity contribution in [1.82, 2.24) is 4.98 Å². The van der Waals surface area contributed by atoms with Crippen LogP contribution in [-0.4, -0.2) is 19.8 Å². The predicted octanol–water partition coefficient (Wildman–Crippen LogP) is 3.15. The van der Waals surface area contributed by atoms with Crippen molar-refractivity contribution < 1.29 is 14.8 Å². The van der Waals surface area contributed by atoms with E-state index in [4.69, 9.17) is 0 Å². The highest BCUT2D eigenvalue weighted by molar-refractivity contribution is 14.1. The Morgan fingerprint density at radius 1 is 0.957 bits per heavy atom. The summed E-state index contributed by atoms with van der Waals surface area (Å²) in [6, 6.07) is 4.42. The number of benzene rings is 1. The molecule has 0 aliphatic carbocycles. The van der Waals surface area contributed by atoms with Crippen molar-refractivity contribution in [2.75, 3.05) is 5.32 Å². The lowest BCUT2D eigenvalue weighted by Crippen LogP contribution is -2.04. The third kappa shape index (κ3) is 3.65. The maximum Gasteiger partial charge on any atom is 0.306 e. The normalized spacial score (nSPS) is 10.1. The average Bonchev–Trinajstić information content (AvgIpc) is 2.48. The summed E-state index contributed by atoms with van der Waals surface area (Å²) in [7, 11) is 0. The Morgan fingerprint density at radius 3 is 1.91 bits per heavy atom. The second-order valence-electron chi connectivity index (χ2n) is 4.12. The molecular weight excluding hydrogens is 425 g/mol. The number of anilines is 2. The molecule has 12 heteroatoms. The van der Waals surface area contributed by atoms with E-state index >= 15 is 0 Å². The van der Waals surface area contributed by atoms with Gasteiger partial charge in [0.15, 0.2) is 5.69 Å². The van der Waals surface area contributed by atoms with Gasteiger partial charge in [-0.05, 0) is 34.7 Å². The quantitative estimate of drug-likeness (QED) is 0.430. The summed E-state index contributed by atoms with van der Waals surface area (Å²) in [6.45, 7) is 0. The number of rotatable bonds is 5. The highest BCUT2D eigenvalue weighted by Crippen LogP contribution is 2.39. The molecule has 118 valence electrons. The molecule has 0 bridgehead atoms. The number of nitro benzene ring substituents is 3. The van der Waals surface area contributed by atoms with Gasteiger partial charge in [0.05, 0.1) is 26.9 Å². The maximum atomic E-state index is 11.1. The zero-order valence-electron chi connectivity index (χ0n) is 11.0. The Balaban J connectivity index is 2.63. The van der Waals surface area contributed by atoms with Crippen LogP contribution in [0.4, 0.5) is 28.6 Å². The Labute approximate surface area is 140 Å². The van der Waals surface area contributed by atoms with Crippen LogP contribution in [0.3, 0.4) is 0 Å². The second kappa shape index (κ2) is 6.47. The highest BCUT2D eigenvalue weighted by Gasteiger charge is 2.30. The minimum absolute atomic E-state index is 0.130. The van der Waals surface area contributed by atoms with Gasteiger partial charge in [0, 0.05) is 9.77 Å². The first-order valence-electron chi connectivity index (χ1n) is 5.79. The summed E-state index contributed by atoms with van der Waals surface area (Å²) in [5.74, 6) is 0.130. The zero-order valence-corrected chi connectivity index (χ0v) is 13.2. The lowest BCUT2D eigenvalue weighted by Gasteiger charge is -2.07. The molecule has 0 saturated carbocycles. The molecule has 0 fully saturated rings. The fourth-order valence-electron chi connectivity index (χ4n) is 1.70. The summed E-state index contributed by atoms with van der Waals surface area (Å²) in [4.78, 5) is 34.1. The molecule has 23 heavy (non-hydrogen) atoms. The number of nitrogens with one attached hydrogen (secondary N) is 1. The van der Waals surface area contributed by atoms with E-state index in [1.165, 1.54) is 12.3 Å². The van der Waals surface area contributed by atoms with E-state index in [-0.39, 0.29) is 5.82 Å². The lowest BCUT2D eigenvalue weighted by atomic mass is 10.2. The standard InChI is InChI=1S/C11H6IN5O6/c12-6-1-2-10(13-5-6)14-11-8(16(20)21)3-7(15(18)19)4-9(11)17(22)23/h1-5H,(H,13,14). The molecule has 0 unspecified atom stereocenters. The van der Waals surface area contributed by atoms with Crippen molar-refractivity contribution in [3.05, 3.63) is 64.4 Å². The van der Waals surface area contributed by atoms with Crippen molar-refractivity contribution in [2.24, 2.45) is 0 Å². The van der Waals surface area contributed by atoms with Crippen molar-refractivity contribution >= 4 is 51.2 Å². The molecule has 0 radical (unpaired) electrons. The van der Waals surface area contributed by atoms with Gasteiger partial charge in [-0.15, -0.1) is 0 Å². The molecule has 0 atom stereocenters. The number of hydrogen-bond acceptors (Lipinski definition) is 8. The maximum absolute atomic E-state index is 11.1. The Bertz CT molecular complexity index is 774. The van der Waals surface area contributed by atoms with Gasteiger partial charge in [0.1, 0.15) is 5.82 Å². The van der Waals surface area contributed by atoms with E-state index in [1.54, 1.807) is 6.07 Å². The fourth-order valence-corrected chi connectivity index (χ4v) is 2.02. The number of hydrogen-bond donors (Lipinski definition) is 1. The Hall–Kier alpha value is -2.90. The number of halogens is 1. The summed E-state index contributed by atoms with van der Waals surface area (Å²) >= 11 is 1.99. The summed E-state index contributed by atoms with van der Waals surface area (Å²) in [5.41, 5.74) is -2.79. The minimum Gasteiger partial charge on any atom is -0.329 e. The van der Waals surface area contributed by atoms with E-state index in [2.05, 4.69) is 10.3 Å². The molecular formula is C11H6IN5O6. The topological polar surface area (TPSA) is 154 Å². The smallest absolute Gasteiger partial charge is 0.306 e. The van der Waals surface area contributed by atoms with Gasteiger partial charge >= 0.3 is 11.4 Å². The highest BCUT2D eigenvalue weighted by atomic mass is 127. The van der Waals surface area contributed by atoms with Gasteiger partial charge in [0.2, 0.25) is 0 Å². The van der Waals surface area contributed by atoms with E-state index in [0.29, 0.717) is 12.1 Å². The van der Waals surface area contributed by atoms with E-state index < -0.39 is 37.5 Å². The third-order valence-corrected chi connectivity index (χ3v) is 3.30. The van der Waals surface area contributed by atoms with Crippen molar-refractivity contribution in [3.8, 4) is 0 Å². The monoisotopic (exact) mass is 431 g/mol. The van der Waals surface area contributed by atoms with Crippen LogP contribution in [0.5, 0.6) is 0 Å². The number of pyridine rings is 1. The third-order valence-electron chi connectivity index (χ3n) is 2.67. The molecule has 1 heterocycles. The van der Waals surface area contributed by atoms with Crippen LogP contribution in [0.15, 0.2) is 30.5 Å². The van der Waals surface area contributed by atoms with Gasteiger partial charge < -0.3 is 5.32 Å². The number of aromatic nitrogens is 1. The first kappa shape index (κ1) is 16.5. The van der Waals surface area contributed by atoms with Crippen LogP contribution in [0, 0.1) is 33.9 Å². The second-order valence-corrected chi connectivity index (χ2v) is 5.36. The number of nitrogens with zero attached hydrogens (tertiary/aromatic N) is 4. The molecule has 0 saturated heterocycles. The Kier molecular flexibility index (Phi) is 4.63. The van der Waals surface area contributed by atoms with E-state index in [1.807, 2.05) is 22.6 Å². The Morgan fingerprint density at radius 2 is 1.52 bits per heavy atom. The van der Waals surface area contributed by atoms with Crippen LogP contribution >= 0.6 is 22.6 Å². The fraction of sp³-hybridized carbons (Fsp3) is 0. The SMILES string of the molecule is O=[N+]([O-])c1cc([N+](=O)[O-])c(Nc2ccc(I)cn2)c([N+](=O)[O-])c1. The largest absolute Gasteiger partial charge is 0.329 e. The lowest BCUT2D eigenvalue weighted by molar-refractivity contribution is -0.401. The molecule has 0 spiro atoms. The predicted molar refractivity (Wildman–Crippen MR) is 86.6 cm³/mol. The summed E-state index contributed by atoms with van der Waals surface area (Å²) < 4.78 is 0.792. The summed E-state index contributed by atoms with van der Waals surface area (Å²) in [5, 5.41) is 35.5. The zero-order chi connectivity index (χ0) is 17.1. The molecule has 2 rings (SSSR count). The van der Waals surface area contributed by atoms with Gasteiger partial charge in [-0.3, -0.25) is 30.3 Å². The van der Waals surface area contributed by atoms with Crippen LogP contribution in [-0.2, 0) is 0 Å². The molecule has 0 aliphatic heterocycles. The van der Waals surface area contributed by atoms with Crippen molar-refractivity contribution in [2.45, 2.75) is 0 Å². The van der Waals surface area contributed by atoms with Crippen molar-refractivity contribution in [3.63, 3.8) is 0 Å². The van der Waals surface area contributed by atoms with E-state index in [9.17, 15) is 30.3 Å². The first-order chi connectivity index (χ1) is 10.8. The van der Waals surface area contributed by atoms with Crippen molar-refractivity contribution in [1.29, 1.82) is 0 Å². The van der Waals surface area contributed by atoms with Gasteiger partial charge in [-0.25, -0.2) is 4.98 Å².